The maximum Gasteiger partial charge on any atom is 0.227 e. The van der Waals surface area contributed by atoms with Crippen LogP contribution in [0.5, 0.6) is 0 Å². The Balaban J connectivity index is 1.28. The molecule has 36 heavy (non-hydrogen) atoms. The number of amides is 1. The molecule has 1 fully saturated rings. The van der Waals surface area contributed by atoms with Crippen molar-refractivity contribution in [3.63, 3.8) is 0 Å². The fourth-order valence-electron chi connectivity index (χ4n) is 4.36. The highest BCUT2D eigenvalue weighted by atomic mass is 16.2. The van der Waals surface area contributed by atoms with Crippen LogP contribution in [0.2, 0.25) is 0 Å². The molecule has 9 heteroatoms. The van der Waals surface area contributed by atoms with Crippen LogP contribution < -0.4 is 5.32 Å². The van der Waals surface area contributed by atoms with Crippen molar-refractivity contribution in [2.45, 2.75) is 12.8 Å². The minimum Gasteiger partial charge on any atom is -0.336 e. The van der Waals surface area contributed by atoms with Crippen molar-refractivity contribution in [2.75, 3.05) is 5.32 Å². The summed E-state index contributed by atoms with van der Waals surface area (Å²) in [6, 6.07) is 15.7. The summed E-state index contributed by atoms with van der Waals surface area (Å²) in [7, 11) is 0. The third-order valence-corrected chi connectivity index (χ3v) is 6.37. The van der Waals surface area contributed by atoms with E-state index >= 15 is 0 Å². The van der Waals surface area contributed by atoms with Crippen LogP contribution in [0.15, 0.2) is 73.3 Å². The number of carbonyl (C=O) groups is 1. The van der Waals surface area contributed by atoms with Gasteiger partial charge < -0.3 is 10.3 Å². The lowest BCUT2D eigenvalue weighted by molar-refractivity contribution is -0.117. The molecule has 7 rings (SSSR count). The largest absolute Gasteiger partial charge is 0.336 e. The van der Waals surface area contributed by atoms with E-state index in [0.29, 0.717) is 22.7 Å². The van der Waals surface area contributed by atoms with E-state index in [9.17, 15) is 4.79 Å². The Morgan fingerprint density at radius 1 is 0.889 bits per heavy atom. The molecule has 0 bridgehead atoms. The number of carbonyl (C=O) groups excluding carboxylic acids is 1. The zero-order valence-electron chi connectivity index (χ0n) is 19.1. The summed E-state index contributed by atoms with van der Waals surface area (Å²) in [6.07, 6.45) is 8.88. The number of hydrogen-bond donors (Lipinski definition) is 3. The molecule has 3 N–H and O–H groups in total. The third kappa shape index (κ3) is 3.58. The fraction of sp³-hybridized carbons (Fsp3) is 0.111. The number of aromatic nitrogens is 7. The van der Waals surface area contributed by atoms with E-state index in [4.69, 9.17) is 9.97 Å². The number of para-hydroxylation sites is 1. The first-order chi connectivity index (χ1) is 17.7. The zero-order valence-corrected chi connectivity index (χ0v) is 19.1. The number of nitrogens with zero attached hydrogens (tertiary/aromatic N) is 5. The van der Waals surface area contributed by atoms with E-state index in [0.717, 1.165) is 51.8 Å². The molecule has 5 aromatic heterocycles. The van der Waals surface area contributed by atoms with Gasteiger partial charge in [0.1, 0.15) is 5.52 Å². The van der Waals surface area contributed by atoms with Crippen molar-refractivity contribution in [2.24, 2.45) is 5.92 Å². The molecule has 0 aliphatic heterocycles. The summed E-state index contributed by atoms with van der Waals surface area (Å²) >= 11 is 0. The van der Waals surface area contributed by atoms with Crippen molar-refractivity contribution in [1.82, 2.24) is 35.1 Å². The van der Waals surface area contributed by atoms with Gasteiger partial charge >= 0.3 is 0 Å². The predicted octanol–water partition coefficient (Wildman–Crippen LogP) is 4.97. The zero-order chi connectivity index (χ0) is 24.1. The van der Waals surface area contributed by atoms with Crippen molar-refractivity contribution >= 4 is 33.7 Å². The lowest BCUT2D eigenvalue weighted by Gasteiger charge is -2.06. The number of imidazole rings is 1. The highest BCUT2D eigenvalue weighted by Crippen LogP contribution is 2.33. The quantitative estimate of drug-likeness (QED) is 0.325. The van der Waals surface area contributed by atoms with Gasteiger partial charge in [-0.15, -0.1) is 0 Å². The van der Waals surface area contributed by atoms with Crippen LogP contribution in [0.25, 0.3) is 56.0 Å². The molecule has 1 aliphatic carbocycles. The number of fused-ring (bicyclic) bond motifs is 2. The van der Waals surface area contributed by atoms with Gasteiger partial charge in [-0.05, 0) is 43.2 Å². The van der Waals surface area contributed by atoms with Gasteiger partial charge in [0.15, 0.2) is 11.5 Å². The van der Waals surface area contributed by atoms with Gasteiger partial charge in [-0.25, -0.2) is 9.97 Å². The molecule has 1 aliphatic rings. The minimum absolute atomic E-state index is 0.0463. The van der Waals surface area contributed by atoms with Crippen LogP contribution in [0.1, 0.15) is 12.8 Å². The van der Waals surface area contributed by atoms with Crippen molar-refractivity contribution < 1.29 is 4.79 Å². The molecule has 174 valence electrons. The molecular weight excluding hydrogens is 452 g/mol. The van der Waals surface area contributed by atoms with Gasteiger partial charge in [0.2, 0.25) is 5.91 Å². The van der Waals surface area contributed by atoms with E-state index in [-0.39, 0.29) is 11.8 Å². The Labute approximate surface area is 205 Å². The summed E-state index contributed by atoms with van der Waals surface area (Å²) < 4.78 is 0. The SMILES string of the molecule is O=C(Nc1cncc(-c2ccc3[nH]nc(-c4nc5c(-c6cccnc6)cccc5[nH]4)c3n2)c1)C1CC1. The van der Waals surface area contributed by atoms with Crippen LogP contribution in [0, 0.1) is 5.92 Å². The van der Waals surface area contributed by atoms with Crippen LogP contribution in [0.3, 0.4) is 0 Å². The summed E-state index contributed by atoms with van der Waals surface area (Å²) in [5, 5.41) is 10.5. The summed E-state index contributed by atoms with van der Waals surface area (Å²) in [4.78, 5) is 33.9. The van der Waals surface area contributed by atoms with E-state index < -0.39 is 0 Å². The first kappa shape index (κ1) is 20.5. The van der Waals surface area contributed by atoms with Gasteiger partial charge in [-0.3, -0.25) is 19.9 Å². The van der Waals surface area contributed by atoms with Gasteiger partial charge in [0.25, 0.3) is 0 Å². The normalized spacial score (nSPS) is 13.3. The number of H-pyrrole nitrogens is 2. The average Bonchev–Trinajstić information content (AvgIpc) is 3.55. The Bertz CT molecular complexity index is 1750. The summed E-state index contributed by atoms with van der Waals surface area (Å²) in [5.41, 5.74) is 8.06. The number of hydrogen-bond acceptors (Lipinski definition) is 6. The standard InChI is InChI=1S/C27H20N8O/c36-27(15-6-7-15)30-18-11-17(13-29-14-18)20-8-9-22-24(31-20)25(35-34-22)26-32-21-5-1-4-19(23(21)33-26)16-3-2-10-28-12-16/h1-5,8-15H,6-7H2,(H,30,36)(H,32,33)(H,34,35). The van der Waals surface area contributed by atoms with Gasteiger partial charge in [0.05, 0.1) is 34.1 Å². The molecule has 9 nitrogen and oxygen atoms in total. The molecular formula is C27H20N8O. The predicted molar refractivity (Wildman–Crippen MR) is 137 cm³/mol. The van der Waals surface area contributed by atoms with Gasteiger partial charge in [0, 0.05) is 41.2 Å². The molecule has 1 saturated carbocycles. The third-order valence-electron chi connectivity index (χ3n) is 6.37. The highest BCUT2D eigenvalue weighted by Gasteiger charge is 2.29. The molecule has 6 aromatic rings. The minimum atomic E-state index is 0.0463. The van der Waals surface area contributed by atoms with E-state index in [1.54, 1.807) is 18.6 Å². The van der Waals surface area contributed by atoms with E-state index in [2.05, 4.69) is 30.5 Å². The maximum absolute atomic E-state index is 12.2. The van der Waals surface area contributed by atoms with E-state index in [1.165, 1.54) is 0 Å². The van der Waals surface area contributed by atoms with Gasteiger partial charge in [-0.2, -0.15) is 5.10 Å². The lowest BCUT2D eigenvalue weighted by atomic mass is 10.1. The molecule has 5 heterocycles. The molecule has 0 spiro atoms. The van der Waals surface area contributed by atoms with Crippen LogP contribution >= 0.6 is 0 Å². The van der Waals surface area contributed by atoms with Crippen molar-refractivity contribution in [3.05, 3.63) is 73.3 Å². The topological polar surface area (TPSA) is 125 Å². The Kier molecular flexibility index (Phi) is 4.60. The molecule has 0 radical (unpaired) electrons. The lowest BCUT2D eigenvalue weighted by Crippen LogP contribution is -2.13. The second-order valence-electron chi connectivity index (χ2n) is 8.92. The number of benzene rings is 1. The Morgan fingerprint density at radius 2 is 1.81 bits per heavy atom. The monoisotopic (exact) mass is 472 g/mol. The molecule has 0 saturated heterocycles. The van der Waals surface area contributed by atoms with E-state index in [1.807, 2.05) is 54.7 Å². The van der Waals surface area contributed by atoms with Crippen LogP contribution in [-0.2, 0) is 4.79 Å². The number of anilines is 1. The second-order valence-corrected chi connectivity index (χ2v) is 8.92. The highest BCUT2D eigenvalue weighted by molar-refractivity contribution is 5.97. The average molecular weight is 473 g/mol. The first-order valence-electron chi connectivity index (χ1n) is 11.7. The fourth-order valence-corrected chi connectivity index (χ4v) is 4.36. The molecule has 0 atom stereocenters. The van der Waals surface area contributed by atoms with Crippen molar-refractivity contribution in [1.29, 1.82) is 0 Å². The smallest absolute Gasteiger partial charge is 0.227 e. The maximum atomic E-state index is 12.2. The number of nitrogens with one attached hydrogen (secondary N) is 3. The number of pyridine rings is 3. The number of rotatable bonds is 5. The van der Waals surface area contributed by atoms with Crippen LogP contribution in [0.4, 0.5) is 5.69 Å². The molecule has 1 aromatic carbocycles. The van der Waals surface area contributed by atoms with Crippen LogP contribution in [-0.4, -0.2) is 41.0 Å². The molecule has 1 amide bonds. The first-order valence-corrected chi connectivity index (χ1v) is 11.7. The van der Waals surface area contributed by atoms with Gasteiger partial charge in [-0.1, -0.05) is 18.2 Å². The summed E-state index contributed by atoms with van der Waals surface area (Å²) in [6.45, 7) is 0. The second kappa shape index (κ2) is 8.09. The number of aromatic amines is 2. The molecule has 0 unspecified atom stereocenters. The van der Waals surface area contributed by atoms with Crippen molar-refractivity contribution in [3.8, 4) is 33.9 Å². The Hall–Kier alpha value is -4.92. The summed E-state index contributed by atoms with van der Waals surface area (Å²) in [5.74, 6) is 0.796. The Morgan fingerprint density at radius 3 is 2.67 bits per heavy atom.